The van der Waals surface area contributed by atoms with E-state index < -0.39 is 17.9 Å². The van der Waals surface area contributed by atoms with Crippen LogP contribution in [0.15, 0.2) is 54.6 Å². The van der Waals surface area contributed by atoms with Gasteiger partial charge in [-0.05, 0) is 25.5 Å². The molecule has 0 saturated heterocycles. The molecule has 0 amide bonds. The third-order valence-corrected chi connectivity index (χ3v) is 3.42. The summed E-state index contributed by atoms with van der Waals surface area (Å²) in [4.78, 5) is 23.1. The van der Waals surface area contributed by atoms with E-state index in [2.05, 4.69) is 4.74 Å². The Kier molecular flexibility index (Phi) is 6.93. The summed E-state index contributed by atoms with van der Waals surface area (Å²) in [6, 6.07) is 16.7. The lowest BCUT2D eigenvalue weighted by Crippen LogP contribution is -2.30. The van der Waals surface area contributed by atoms with Gasteiger partial charge in [0.05, 0.1) is 0 Å². The first-order valence-electron chi connectivity index (χ1n) is 8.23. The van der Waals surface area contributed by atoms with E-state index >= 15 is 0 Å². The quantitative estimate of drug-likeness (QED) is 0.438. The molecule has 0 heterocycles. The summed E-state index contributed by atoms with van der Waals surface area (Å²) >= 11 is 0. The average molecular weight is 371 g/mol. The van der Waals surface area contributed by atoms with Crippen LogP contribution in [0.3, 0.4) is 0 Å². The average Bonchev–Trinajstić information content (AvgIpc) is 2.65. The second-order valence-electron chi connectivity index (χ2n) is 6.12. The Morgan fingerprint density at radius 3 is 2.33 bits per heavy atom. The molecule has 0 aliphatic rings. The monoisotopic (exact) mass is 371 g/mol. The van der Waals surface area contributed by atoms with Crippen LogP contribution in [-0.2, 0) is 27.4 Å². The van der Waals surface area contributed by atoms with Crippen LogP contribution < -0.4 is 4.74 Å². The summed E-state index contributed by atoms with van der Waals surface area (Å²) in [6.07, 6.45) is -1.51. The molecule has 7 nitrogen and oxygen atoms in total. The fraction of sp³-hybridized carbons (Fsp3) is 0.250. The lowest BCUT2D eigenvalue weighted by atomic mass is 10.2. The number of hydrogen-bond donors (Lipinski definition) is 1. The Labute approximate surface area is 157 Å². The van der Waals surface area contributed by atoms with Gasteiger partial charge in [0.1, 0.15) is 24.6 Å². The van der Waals surface area contributed by atoms with E-state index in [0.29, 0.717) is 17.9 Å². The van der Waals surface area contributed by atoms with Crippen molar-refractivity contribution in [1.82, 2.24) is 0 Å². The smallest absolute Gasteiger partial charge is 0.488 e. The zero-order valence-electron chi connectivity index (χ0n) is 15.1. The summed E-state index contributed by atoms with van der Waals surface area (Å²) in [5.41, 5.74) is 0.456. The normalized spacial score (nSPS) is 10.6. The number of para-hydroxylation sites is 1. The van der Waals surface area contributed by atoms with Crippen LogP contribution in [0.25, 0.3) is 0 Å². The number of benzene rings is 2. The molecule has 2 aromatic rings. The third kappa shape index (κ3) is 6.81. The lowest BCUT2D eigenvalue weighted by Gasteiger charge is -2.18. The van der Waals surface area contributed by atoms with Crippen molar-refractivity contribution in [3.8, 4) is 5.75 Å². The lowest BCUT2D eigenvalue weighted by molar-refractivity contribution is 0.00814. The van der Waals surface area contributed by atoms with Crippen LogP contribution in [0.1, 0.15) is 25.0 Å². The molecule has 27 heavy (non-hydrogen) atoms. The molecule has 0 spiro atoms. The topological polar surface area (TPSA) is 94.9 Å². The second kappa shape index (κ2) is 9.38. The molecule has 0 bridgehead atoms. The van der Waals surface area contributed by atoms with Gasteiger partial charge in [0.15, 0.2) is 0 Å². The van der Waals surface area contributed by atoms with Crippen LogP contribution in [0.5, 0.6) is 5.75 Å². The summed E-state index contributed by atoms with van der Waals surface area (Å²) in [6.45, 7) is 3.19. The van der Waals surface area contributed by atoms with Crippen molar-refractivity contribution in [2.24, 2.45) is 0 Å². The van der Waals surface area contributed by atoms with Crippen LogP contribution in [0.2, 0.25) is 0 Å². The fourth-order valence-electron chi connectivity index (χ4n) is 2.00. The van der Waals surface area contributed by atoms with Crippen molar-refractivity contribution in [3.63, 3.8) is 0 Å². The van der Waals surface area contributed by atoms with Gasteiger partial charge in [-0.2, -0.15) is 0 Å². The molecule has 0 unspecified atom stereocenters. The highest BCUT2D eigenvalue weighted by molar-refractivity contribution is 5.79. The second-order valence-corrected chi connectivity index (χ2v) is 6.12. The molecule has 0 fully saturated rings. The molecule has 2 aromatic carbocycles. The molecule has 7 heteroatoms. The van der Waals surface area contributed by atoms with E-state index in [1.807, 2.05) is 30.3 Å². The first kappa shape index (κ1) is 20.0. The third-order valence-electron chi connectivity index (χ3n) is 3.42. The number of ether oxygens (including phenoxy) is 4. The van der Waals surface area contributed by atoms with Crippen LogP contribution in [0.4, 0.5) is 9.59 Å². The first-order valence-corrected chi connectivity index (χ1v) is 8.23. The molecule has 0 radical (unpaired) electrons. The number of nitrogens with one attached hydrogen (secondary N) is 1. The van der Waals surface area contributed by atoms with Gasteiger partial charge >= 0.3 is 12.3 Å². The van der Waals surface area contributed by atoms with Crippen LogP contribution >= 0.6 is 0 Å². The summed E-state index contributed by atoms with van der Waals surface area (Å²) in [5, 5.41) is 7.11. The number of hydrogen-bond acceptors (Lipinski definition) is 7. The highest BCUT2D eigenvalue weighted by Gasteiger charge is 2.23. The zero-order chi connectivity index (χ0) is 19.7. The maximum Gasteiger partial charge on any atom is 0.519 e. The molecule has 0 aliphatic heterocycles. The maximum atomic E-state index is 11.6. The highest BCUT2D eigenvalue weighted by Crippen LogP contribution is 2.20. The van der Waals surface area contributed by atoms with Gasteiger partial charge in [0, 0.05) is 11.8 Å². The van der Waals surface area contributed by atoms with Gasteiger partial charge in [-0.3, -0.25) is 0 Å². The molecule has 142 valence electrons. The van der Waals surface area contributed by atoms with E-state index in [9.17, 15) is 9.59 Å². The van der Waals surface area contributed by atoms with E-state index in [-0.39, 0.29) is 6.61 Å². The molecule has 2 rings (SSSR count). The minimum Gasteiger partial charge on any atom is -0.488 e. The van der Waals surface area contributed by atoms with Crippen molar-refractivity contribution < 1.29 is 28.5 Å². The zero-order valence-corrected chi connectivity index (χ0v) is 15.1. The van der Waals surface area contributed by atoms with Gasteiger partial charge in [0.25, 0.3) is 0 Å². The Morgan fingerprint density at radius 1 is 0.963 bits per heavy atom. The number of carbonyl (C=O) groups excluding carboxylic acids is 2. The predicted octanol–water partition coefficient (Wildman–Crippen LogP) is 4.48. The minimum absolute atomic E-state index is 0.134. The number of rotatable bonds is 7. The molecule has 0 saturated carbocycles. The number of carbonyl (C=O) groups is 2. The summed E-state index contributed by atoms with van der Waals surface area (Å²) < 4.78 is 19.9. The van der Waals surface area contributed by atoms with Gasteiger partial charge in [-0.25, -0.2) is 9.59 Å². The molecule has 0 aliphatic carbocycles. The van der Waals surface area contributed by atoms with Crippen LogP contribution in [0, 0.1) is 5.41 Å². The summed E-state index contributed by atoms with van der Waals surface area (Å²) in [5.74, 6) is 0.557. The fourth-order valence-corrected chi connectivity index (χ4v) is 2.00. The van der Waals surface area contributed by atoms with Gasteiger partial charge < -0.3 is 24.4 Å². The Morgan fingerprint density at radius 2 is 1.63 bits per heavy atom. The highest BCUT2D eigenvalue weighted by atomic mass is 16.8. The van der Waals surface area contributed by atoms with Gasteiger partial charge in [-0.1, -0.05) is 48.5 Å². The SMILES string of the molecule is CC(C)(C=N)OC(=O)OC(=O)OCc1ccccc1OCc1ccccc1. The summed E-state index contributed by atoms with van der Waals surface area (Å²) in [7, 11) is 0. The molecule has 1 N–H and O–H groups in total. The van der Waals surface area contributed by atoms with Crippen molar-refractivity contribution in [2.45, 2.75) is 32.7 Å². The van der Waals surface area contributed by atoms with Gasteiger partial charge in [0.2, 0.25) is 0 Å². The molecular formula is C20H21NO6. The maximum absolute atomic E-state index is 11.6. The van der Waals surface area contributed by atoms with E-state index in [1.54, 1.807) is 24.3 Å². The largest absolute Gasteiger partial charge is 0.519 e. The van der Waals surface area contributed by atoms with Crippen molar-refractivity contribution >= 4 is 18.5 Å². The van der Waals surface area contributed by atoms with Crippen LogP contribution in [-0.4, -0.2) is 24.1 Å². The minimum atomic E-state index is -1.23. The molecule has 0 aromatic heterocycles. The first-order chi connectivity index (χ1) is 12.9. The Balaban J connectivity index is 1.87. The van der Waals surface area contributed by atoms with E-state index in [4.69, 9.17) is 19.6 Å². The standard InChI is InChI=1S/C20H21NO6/c1-20(2,14-21)27-19(23)26-18(22)25-13-16-10-6-7-11-17(16)24-12-15-8-4-3-5-9-15/h3-11,14,21H,12-13H2,1-2H3. The van der Waals surface area contributed by atoms with E-state index in [1.165, 1.54) is 13.8 Å². The predicted molar refractivity (Wildman–Crippen MR) is 97.8 cm³/mol. The van der Waals surface area contributed by atoms with Crippen molar-refractivity contribution in [2.75, 3.05) is 0 Å². The molecular weight excluding hydrogens is 350 g/mol. The Hall–Kier alpha value is -3.35. The Bertz CT molecular complexity index is 788. The van der Waals surface area contributed by atoms with Gasteiger partial charge in [-0.15, -0.1) is 0 Å². The van der Waals surface area contributed by atoms with Crippen molar-refractivity contribution in [1.29, 1.82) is 5.41 Å². The molecule has 0 atom stereocenters. The van der Waals surface area contributed by atoms with Crippen molar-refractivity contribution in [3.05, 3.63) is 65.7 Å². The van der Waals surface area contributed by atoms with E-state index in [0.717, 1.165) is 11.8 Å².